The Bertz CT molecular complexity index is 987. The number of carbonyl (C=O) groups is 2. The number of carbonyl (C=O) groups excluding carboxylic acids is 2. The Balaban J connectivity index is 0.000000196. The van der Waals surface area contributed by atoms with Crippen molar-refractivity contribution in [3.8, 4) is 0 Å². The third-order valence-corrected chi connectivity index (χ3v) is 5.85. The minimum atomic E-state index is -0.496. The average molecular weight is 469 g/mol. The van der Waals surface area contributed by atoms with E-state index in [1.165, 1.54) is 22.3 Å². The van der Waals surface area contributed by atoms with Crippen LogP contribution >= 0.6 is 11.6 Å². The predicted molar refractivity (Wildman–Crippen MR) is 133 cm³/mol. The molecule has 5 heteroatoms. The number of fused-ring (bicyclic) bond motifs is 2. The number of allylic oxidation sites excluding steroid dienone is 1. The molecule has 0 saturated carbocycles. The van der Waals surface area contributed by atoms with Crippen molar-refractivity contribution in [3.63, 3.8) is 0 Å². The minimum Gasteiger partial charge on any atom is -0.455 e. The molecule has 0 aromatic heterocycles. The number of aliphatic hydroxyl groups is 1. The number of benzene rings is 2. The van der Waals surface area contributed by atoms with Crippen molar-refractivity contribution in [3.05, 3.63) is 95.1 Å². The summed E-state index contributed by atoms with van der Waals surface area (Å²) in [5.74, 6) is -0.296. The fourth-order valence-electron chi connectivity index (χ4n) is 3.94. The Labute approximate surface area is 201 Å². The van der Waals surface area contributed by atoms with Crippen LogP contribution in [0, 0.1) is 0 Å². The van der Waals surface area contributed by atoms with Gasteiger partial charge in [0.15, 0.2) is 0 Å². The normalized spacial score (nSPS) is 16.1. The predicted octanol–water partition coefficient (Wildman–Crippen LogP) is 5.53. The first-order valence-corrected chi connectivity index (χ1v) is 11.3. The summed E-state index contributed by atoms with van der Waals surface area (Å²) in [6.45, 7) is 14.0. The molecule has 4 nitrogen and oxygen atoms in total. The Kier molecular flexibility index (Phi) is 8.82. The summed E-state index contributed by atoms with van der Waals surface area (Å²) in [5.41, 5.74) is 5.10. The molecule has 0 aliphatic heterocycles. The van der Waals surface area contributed by atoms with Gasteiger partial charge in [-0.25, -0.2) is 4.79 Å². The van der Waals surface area contributed by atoms with Crippen LogP contribution in [0.1, 0.15) is 49.9 Å². The zero-order chi connectivity index (χ0) is 24.8. The second-order valence-electron chi connectivity index (χ2n) is 9.42. The summed E-state index contributed by atoms with van der Waals surface area (Å²) in [6.07, 6.45) is 3.21. The third-order valence-electron chi connectivity index (χ3n) is 5.53. The standard InChI is InChI=1S/C14H16O2.C10H12O.C4H5ClO/c1-10(2)13(15)16-14(3)8-11-6-4-5-7-12(11)9-14;1-10(11)6-8-4-2-3-5-9(8)7-10;1-3(2)4(5)6/h4-7H,1,8-9H2,2-3H3;2-5,11H,6-7H2,1H3;1H2,2H3. The number of esters is 1. The molecule has 0 saturated heterocycles. The summed E-state index contributed by atoms with van der Waals surface area (Å²) in [4.78, 5) is 21.3. The summed E-state index contributed by atoms with van der Waals surface area (Å²) in [5, 5.41) is 9.25. The van der Waals surface area contributed by atoms with Gasteiger partial charge >= 0.3 is 5.97 Å². The van der Waals surface area contributed by atoms with Crippen LogP contribution in [0.3, 0.4) is 0 Å². The van der Waals surface area contributed by atoms with Gasteiger partial charge in [0.2, 0.25) is 5.24 Å². The molecule has 0 radical (unpaired) electrons. The van der Waals surface area contributed by atoms with Gasteiger partial charge in [-0.1, -0.05) is 61.7 Å². The molecule has 1 N–H and O–H groups in total. The van der Waals surface area contributed by atoms with Gasteiger partial charge in [-0.05, 0) is 61.5 Å². The van der Waals surface area contributed by atoms with Gasteiger partial charge < -0.3 is 9.84 Å². The molecule has 2 aliphatic rings. The van der Waals surface area contributed by atoms with E-state index in [0.717, 1.165) is 25.7 Å². The van der Waals surface area contributed by atoms with Crippen LogP contribution in [-0.4, -0.2) is 27.5 Å². The van der Waals surface area contributed by atoms with E-state index in [9.17, 15) is 14.7 Å². The van der Waals surface area contributed by atoms with Gasteiger partial charge in [0, 0.05) is 36.8 Å². The molecule has 0 atom stereocenters. The molecule has 176 valence electrons. The highest BCUT2D eigenvalue weighted by molar-refractivity contribution is 6.67. The van der Waals surface area contributed by atoms with Crippen LogP contribution in [0.25, 0.3) is 0 Å². The maximum Gasteiger partial charge on any atom is 0.333 e. The highest BCUT2D eigenvalue weighted by atomic mass is 35.5. The van der Waals surface area contributed by atoms with Crippen molar-refractivity contribution >= 4 is 22.8 Å². The second kappa shape index (κ2) is 11.0. The van der Waals surface area contributed by atoms with Crippen molar-refractivity contribution in [2.45, 2.75) is 64.6 Å². The SMILES string of the molecule is C=C(C)C(=O)Cl.C=C(C)C(=O)OC1(C)Cc2ccccc2C1.CC1(O)Cc2ccccc2C1. The molecule has 2 aromatic rings. The Morgan fingerprint density at radius 2 is 1.15 bits per heavy atom. The lowest BCUT2D eigenvalue weighted by Crippen LogP contribution is -2.32. The lowest BCUT2D eigenvalue weighted by molar-refractivity contribution is -0.152. The zero-order valence-electron chi connectivity index (χ0n) is 19.9. The van der Waals surface area contributed by atoms with E-state index in [4.69, 9.17) is 16.3 Å². The van der Waals surface area contributed by atoms with Crippen LogP contribution in [0.4, 0.5) is 0 Å². The van der Waals surface area contributed by atoms with Crippen LogP contribution in [-0.2, 0) is 40.0 Å². The van der Waals surface area contributed by atoms with Gasteiger partial charge in [0.25, 0.3) is 0 Å². The molecular weight excluding hydrogens is 436 g/mol. The van der Waals surface area contributed by atoms with Crippen molar-refractivity contribution in [1.82, 2.24) is 0 Å². The summed E-state index contributed by atoms with van der Waals surface area (Å²) in [7, 11) is 0. The lowest BCUT2D eigenvalue weighted by Gasteiger charge is -2.24. The lowest BCUT2D eigenvalue weighted by atomic mass is 10.0. The first kappa shape index (κ1) is 26.6. The molecule has 33 heavy (non-hydrogen) atoms. The van der Waals surface area contributed by atoms with Crippen molar-refractivity contribution in [2.24, 2.45) is 0 Å². The minimum absolute atomic E-state index is 0.296. The topological polar surface area (TPSA) is 63.6 Å². The first-order chi connectivity index (χ1) is 15.3. The molecule has 0 unspecified atom stereocenters. The maximum atomic E-state index is 11.5. The van der Waals surface area contributed by atoms with E-state index in [1.807, 2.05) is 38.1 Å². The third kappa shape index (κ3) is 7.99. The van der Waals surface area contributed by atoms with Crippen LogP contribution in [0.5, 0.6) is 0 Å². The van der Waals surface area contributed by atoms with Crippen LogP contribution in [0.2, 0.25) is 0 Å². The summed E-state index contributed by atoms with van der Waals surface area (Å²) >= 11 is 4.87. The molecule has 0 spiro atoms. The molecule has 2 aromatic carbocycles. The number of ether oxygens (including phenoxy) is 1. The largest absolute Gasteiger partial charge is 0.455 e. The van der Waals surface area contributed by atoms with Gasteiger partial charge in [-0.15, -0.1) is 0 Å². The number of hydrogen-bond acceptors (Lipinski definition) is 4. The summed E-state index contributed by atoms with van der Waals surface area (Å²) in [6, 6.07) is 16.5. The molecule has 0 bridgehead atoms. The van der Waals surface area contributed by atoms with E-state index in [0.29, 0.717) is 11.1 Å². The molecule has 2 aliphatic carbocycles. The van der Waals surface area contributed by atoms with E-state index < -0.39 is 16.4 Å². The molecule has 0 fully saturated rings. The van der Waals surface area contributed by atoms with E-state index in [1.54, 1.807) is 13.8 Å². The maximum absolute atomic E-state index is 11.5. The number of halogens is 1. The fourth-order valence-corrected chi connectivity index (χ4v) is 3.94. The van der Waals surface area contributed by atoms with Gasteiger partial charge in [0.1, 0.15) is 5.60 Å². The summed E-state index contributed by atoms with van der Waals surface area (Å²) < 4.78 is 5.50. The second-order valence-corrected chi connectivity index (χ2v) is 9.76. The highest BCUT2D eigenvalue weighted by Gasteiger charge is 2.36. The van der Waals surface area contributed by atoms with Crippen molar-refractivity contribution in [1.29, 1.82) is 0 Å². The number of rotatable bonds is 3. The van der Waals surface area contributed by atoms with E-state index in [2.05, 4.69) is 37.4 Å². The molecular formula is C28H33ClO4. The average Bonchev–Trinajstić information content (AvgIpc) is 3.22. The smallest absolute Gasteiger partial charge is 0.333 e. The number of hydrogen-bond donors (Lipinski definition) is 1. The van der Waals surface area contributed by atoms with Crippen molar-refractivity contribution in [2.75, 3.05) is 0 Å². The Morgan fingerprint density at radius 3 is 1.45 bits per heavy atom. The quantitative estimate of drug-likeness (QED) is 0.365. The molecule has 4 rings (SSSR count). The van der Waals surface area contributed by atoms with Crippen LogP contribution < -0.4 is 0 Å². The zero-order valence-corrected chi connectivity index (χ0v) is 20.7. The molecule has 0 heterocycles. The monoisotopic (exact) mass is 468 g/mol. The van der Waals surface area contributed by atoms with Gasteiger partial charge in [0.05, 0.1) is 5.60 Å². The van der Waals surface area contributed by atoms with Crippen molar-refractivity contribution < 1.29 is 19.4 Å². The van der Waals surface area contributed by atoms with Gasteiger partial charge in [-0.3, -0.25) is 4.79 Å². The van der Waals surface area contributed by atoms with Crippen LogP contribution in [0.15, 0.2) is 72.8 Å². The Hall–Kier alpha value is -2.69. The van der Waals surface area contributed by atoms with E-state index >= 15 is 0 Å². The first-order valence-electron chi connectivity index (χ1n) is 10.9. The van der Waals surface area contributed by atoms with E-state index in [-0.39, 0.29) is 5.97 Å². The highest BCUT2D eigenvalue weighted by Crippen LogP contribution is 2.33. The fraction of sp³-hybridized carbons (Fsp3) is 0.357. The van der Waals surface area contributed by atoms with Gasteiger partial charge in [-0.2, -0.15) is 0 Å². The molecule has 0 amide bonds. The Morgan fingerprint density at radius 1 is 0.818 bits per heavy atom.